The highest BCUT2D eigenvalue weighted by Gasteiger charge is 2.23. The van der Waals surface area contributed by atoms with Crippen molar-refractivity contribution >= 4 is 28.4 Å². The Morgan fingerprint density at radius 1 is 1.07 bits per heavy atom. The SMILES string of the molecule is O=C(CN1C(=O)CCCc2ccccc21)NCCc1c[nH]c2ccccc12. The number of hydrogen-bond donors (Lipinski definition) is 2. The largest absolute Gasteiger partial charge is 0.361 e. The number of carbonyl (C=O) groups excluding carboxylic acids is 2. The molecule has 0 saturated heterocycles. The molecule has 5 nitrogen and oxygen atoms in total. The topological polar surface area (TPSA) is 65.2 Å². The number of nitrogens with zero attached hydrogens (tertiary/aromatic N) is 1. The number of hydrogen-bond acceptors (Lipinski definition) is 2. The van der Waals surface area contributed by atoms with Gasteiger partial charge in [-0.1, -0.05) is 36.4 Å². The highest BCUT2D eigenvalue weighted by Crippen LogP contribution is 2.26. The molecule has 2 amide bonds. The summed E-state index contributed by atoms with van der Waals surface area (Å²) in [6.45, 7) is 0.619. The van der Waals surface area contributed by atoms with Gasteiger partial charge in [0.15, 0.2) is 0 Å². The molecule has 0 unspecified atom stereocenters. The van der Waals surface area contributed by atoms with Crippen LogP contribution in [-0.2, 0) is 22.4 Å². The summed E-state index contributed by atoms with van der Waals surface area (Å²) >= 11 is 0. The first kappa shape index (κ1) is 17.3. The number of amides is 2. The van der Waals surface area contributed by atoms with Crippen molar-refractivity contribution in [3.05, 3.63) is 65.9 Å². The molecule has 3 aromatic rings. The molecule has 1 aliphatic rings. The van der Waals surface area contributed by atoms with Crippen molar-refractivity contribution < 1.29 is 9.59 Å². The highest BCUT2D eigenvalue weighted by molar-refractivity contribution is 5.99. The van der Waals surface area contributed by atoms with E-state index in [2.05, 4.69) is 16.4 Å². The summed E-state index contributed by atoms with van der Waals surface area (Å²) in [5.41, 5.74) is 4.29. The van der Waals surface area contributed by atoms with E-state index in [-0.39, 0.29) is 18.4 Å². The molecular formula is C22H23N3O2. The molecule has 0 bridgehead atoms. The monoisotopic (exact) mass is 361 g/mol. The van der Waals surface area contributed by atoms with Crippen LogP contribution in [0.15, 0.2) is 54.7 Å². The summed E-state index contributed by atoms with van der Waals surface area (Å²) in [7, 11) is 0. The Kier molecular flexibility index (Phi) is 4.92. The van der Waals surface area contributed by atoms with Gasteiger partial charge in [0.25, 0.3) is 0 Å². The number of aryl methyl sites for hydroxylation is 1. The van der Waals surface area contributed by atoms with Crippen LogP contribution in [-0.4, -0.2) is 29.9 Å². The van der Waals surface area contributed by atoms with E-state index in [4.69, 9.17) is 0 Å². The molecule has 1 aromatic heterocycles. The Hall–Kier alpha value is -3.08. The molecule has 0 radical (unpaired) electrons. The Labute approximate surface area is 158 Å². The maximum absolute atomic E-state index is 12.5. The third-order valence-electron chi connectivity index (χ3n) is 5.11. The average Bonchev–Trinajstić information content (AvgIpc) is 3.02. The Morgan fingerprint density at radius 3 is 2.81 bits per heavy atom. The maximum Gasteiger partial charge on any atom is 0.240 e. The van der Waals surface area contributed by atoms with Gasteiger partial charge in [-0.3, -0.25) is 9.59 Å². The second-order valence-corrected chi connectivity index (χ2v) is 6.92. The summed E-state index contributed by atoms with van der Waals surface area (Å²) in [6, 6.07) is 16.0. The number of aromatic amines is 1. The number of aromatic nitrogens is 1. The molecule has 0 saturated carbocycles. The van der Waals surface area contributed by atoms with Crippen LogP contribution in [0.3, 0.4) is 0 Å². The van der Waals surface area contributed by atoms with Crippen molar-refractivity contribution in [3.8, 4) is 0 Å². The number of benzene rings is 2. The summed E-state index contributed by atoms with van der Waals surface area (Å²) < 4.78 is 0. The lowest BCUT2D eigenvalue weighted by molar-refractivity contribution is -0.123. The van der Waals surface area contributed by atoms with Crippen LogP contribution in [0.5, 0.6) is 0 Å². The molecule has 0 spiro atoms. The van der Waals surface area contributed by atoms with Crippen molar-refractivity contribution in [2.24, 2.45) is 0 Å². The number of nitrogens with one attached hydrogen (secondary N) is 2. The molecule has 2 aromatic carbocycles. The van der Waals surface area contributed by atoms with E-state index in [0.717, 1.165) is 36.0 Å². The standard InChI is InChI=1S/C22H23N3O2/c26-21(23-13-12-17-14-24-19-9-3-2-8-18(17)19)15-25-20-10-4-1-6-16(20)7-5-11-22(25)27/h1-4,6,8-10,14,24H,5,7,11-13,15H2,(H,23,26). The van der Waals surface area contributed by atoms with Crippen molar-refractivity contribution in [2.45, 2.75) is 25.7 Å². The molecule has 0 atom stereocenters. The molecule has 1 aliphatic heterocycles. The highest BCUT2D eigenvalue weighted by atomic mass is 16.2. The zero-order valence-electron chi connectivity index (χ0n) is 15.2. The van der Waals surface area contributed by atoms with Crippen molar-refractivity contribution in [1.82, 2.24) is 10.3 Å². The van der Waals surface area contributed by atoms with E-state index in [9.17, 15) is 9.59 Å². The zero-order chi connectivity index (χ0) is 18.6. The molecule has 5 heteroatoms. The smallest absolute Gasteiger partial charge is 0.240 e. The number of fused-ring (bicyclic) bond motifs is 2. The first-order chi connectivity index (χ1) is 13.2. The van der Waals surface area contributed by atoms with Crippen LogP contribution < -0.4 is 10.2 Å². The van der Waals surface area contributed by atoms with E-state index in [1.54, 1.807) is 4.90 Å². The van der Waals surface area contributed by atoms with Gasteiger partial charge in [0.2, 0.25) is 11.8 Å². The Bertz CT molecular complexity index is 976. The van der Waals surface area contributed by atoms with Crippen LogP contribution in [0.2, 0.25) is 0 Å². The van der Waals surface area contributed by atoms with E-state index in [1.165, 1.54) is 10.9 Å². The summed E-state index contributed by atoms with van der Waals surface area (Å²) in [4.78, 5) is 29.8. The first-order valence-electron chi connectivity index (χ1n) is 9.42. The summed E-state index contributed by atoms with van der Waals surface area (Å²) in [6.07, 6.45) is 4.93. The van der Waals surface area contributed by atoms with Crippen LogP contribution >= 0.6 is 0 Å². The number of anilines is 1. The fourth-order valence-corrected chi connectivity index (χ4v) is 3.73. The van der Waals surface area contributed by atoms with Gasteiger partial charge in [-0.25, -0.2) is 0 Å². The minimum atomic E-state index is -0.125. The number of para-hydroxylation sites is 2. The minimum absolute atomic E-state index is 0.0201. The first-order valence-corrected chi connectivity index (χ1v) is 9.42. The molecular weight excluding hydrogens is 338 g/mol. The predicted octanol–water partition coefficient (Wildman–Crippen LogP) is 3.20. The van der Waals surface area contributed by atoms with E-state index in [1.807, 2.05) is 48.7 Å². The van der Waals surface area contributed by atoms with Crippen molar-refractivity contribution in [3.63, 3.8) is 0 Å². The minimum Gasteiger partial charge on any atom is -0.361 e. The van der Waals surface area contributed by atoms with Gasteiger partial charge >= 0.3 is 0 Å². The Balaban J connectivity index is 1.38. The second-order valence-electron chi connectivity index (χ2n) is 6.92. The van der Waals surface area contributed by atoms with E-state index >= 15 is 0 Å². The number of rotatable bonds is 5. The van der Waals surface area contributed by atoms with E-state index < -0.39 is 0 Å². The number of carbonyl (C=O) groups is 2. The van der Waals surface area contributed by atoms with Gasteiger partial charge in [0, 0.05) is 35.8 Å². The maximum atomic E-state index is 12.5. The van der Waals surface area contributed by atoms with Crippen LogP contribution in [0.1, 0.15) is 24.0 Å². The second kappa shape index (κ2) is 7.66. The van der Waals surface area contributed by atoms with Gasteiger partial charge in [-0.15, -0.1) is 0 Å². The van der Waals surface area contributed by atoms with Gasteiger partial charge < -0.3 is 15.2 Å². The van der Waals surface area contributed by atoms with Gasteiger partial charge in [0.1, 0.15) is 6.54 Å². The zero-order valence-corrected chi connectivity index (χ0v) is 15.2. The summed E-state index contributed by atoms with van der Waals surface area (Å²) in [5, 5.41) is 4.14. The van der Waals surface area contributed by atoms with Gasteiger partial charge in [0.05, 0.1) is 0 Å². The lowest BCUT2D eigenvalue weighted by Gasteiger charge is -2.22. The molecule has 2 N–H and O–H groups in total. The molecule has 2 heterocycles. The normalized spacial score (nSPS) is 14.1. The average molecular weight is 361 g/mol. The van der Waals surface area contributed by atoms with Gasteiger partial charge in [-0.05, 0) is 42.5 Å². The van der Waals surface area contributed by atoms with Gasteiger partial charge in [-0.2, -0.15) is 0 Å². The van der Waals surface area contributed by atoms with Crippen molar-refractivity contribution in [2.75, 3.05) is 18.0 Å². The molecule has 0 aliphatic carbocycles. The third-order valence-corrected chi connectivity index (χ3v) is 5.11. The molecule has 138 valence electrons. The van der Waals surface area contributed by atoms with Crippen LogP contribution in [0.4, 0.5) is 5.69 Å². The summed E-state index contributed by atoms with van der Waals surface area (Å²) in [5.74, 6) is -0.105. The quantitative estimate of drug-likeness (QED) is 0.733. The Morgan fingerprint density at radius 2 is 1.89 bits per heavy atom. The van der Waals surface area contributed by atoms with Crippen LogP contribution in [0, 0.1) is 0 Å². The van der Waals surface area contributed by atoms with Crippen LogP contribution in [0.25, 0.3) is 10.9 Å². The predicted molar refractivity (Wildman–Crippen MR) is 107 cm³/mol. The van der Waals surface area contributed by atoms with E-state index in [0.29, 0.717) is 13.0 Å². The fraction of sp³-hybridized carbons (Fsp3) is 0.273. The molecule has 0 fully saturated rings. The fourth-order valence-electron chi connectivity index (χ4n) is 3.73. The number of H-pyrrole nitrogens is 1. The lowest BCUT2D eigenvalue weighted by Crippen LogP contribution is -2.41. The molecule has 27 heavy (non-hydrogen) atoms. The third kappa shape index (κ3) is 3.72. The lowest BCUT2D eigenvalue weighted by atomic mass is 10.1. The molecule has 4 rings (SSSR count). The van der Waals surface area contributed by atoms with Crippen molar-refractivity contribution in [1.29, 1.82) is 0 Å².